The summed E-state index contributed by atoms with van der Waals surface area (Å²) in [7, 11) is 0. The average Bonchev–Trinajstić information content (AvgIpc) is 2.42. The van der Waals surface area contributed by atoms with Gasteiger partial charge in [-0.15, -0.1) is 0 Å². The van der Waals surface area contributed by atoms with Gasteiger partial charge in [-0.25, -0.2) is 17.6 Å². The zero-order valence-corrected chi connectivity index (χ0v) is 12.1. The van der Waals surface area contributed by atoms with Crippen molar-refractivity contribution in [3.63, 3.8) is 0 Å². The first-order valence-electron chi connectivity index (χ1n) is 7.99. The van der Waals surface area contributed by atoms with Gasteiger partial charge in [0.25, 0.3) is 0 Å². The van der Waals surface area contributed by atoms with E-state index < -0.39 is 36.5 Å². The molecule has 0 nitrogen and oxygen atoms in total. The molecule has 3 rings (SSSR count). The molecule has 3 fully saturated rings. The summed E-state index contributed by atoms with van der Waals surface area (Å²) in [6.45, 7) is 3.54. The van der Waals surface area contributed by atoms with E-state index in [1.165, 1.54) is 0 Å². The third-order valence-corrected chi connectivity index (χ3v) is 6.31. The van der Waals surface area contributed by atoms with E-state index in [4.69, 9.17) is 0 Å². The molecule has 0 radical (unpaired) electrons. The quantitative estimate of drug-likeness (QED) is 0.569. The van der Waals surface area contributed by atoms with Crippen molar-refractivity contribution >= 4 is 0 Å². The van der Waals surface area contributed by atoms with Crippen molar-refractivity contribution in [3.05, 3.63) is 0 Å². The second-order valence-electron chi connectivity index (χ2n) is 7.37. The molecule has 0 bridgehead atoms. The normalized spacial score (nSPS) is 59.7. The van der Waals surface area contributed by atoms with Gasteiger partial charge < -0.3 is 0 Å². The molecular weight excluding hydrogens is 268 g/mol. The van der Waals surface area contributed by atoms with Gasteiger partial charge in [0.2, 0.25) is 0 Å². The van der Waals surface area contributed by atoms with Crippen LogP contribution in [0.1, 0.15) is 39.5 Å². The Labute approximate surface area is 118 Å². The van der Waals surface area contributed by atoms with Crippen LogP contribution in [0.2, 0.25) is 0 Å². The summed E-state index contributed by atoms with van der Waals surface area (Å²) in [5.74, 6) is -2.45. The van der Waals surface area contributed by atoms with Crippen LogP contribution in [-0.2, 0) is 0 Å². The van der Waals surface area contributed by atoms with Gasteiger partial charge in [0.05, 0.1) is 0 Å². The van der Waals surface area contributed by atoms with Crippen molar-refractivity contribution in [2.24, 2.45) is 35.5 Å². The van der Waals surface area contributed by atoms with Gasteiger partial charge in [0.15, 0.2) is 0 Å². The Hall–Kier alpha value is -0.280. The van der Waals surface area contributed by atoms with Crippen molar-refractivity contribution in [2.75, 3.05) is 0 Å². The first-order valence-corrected chi connectivity index (χ1v) is 7.99. The highest BCUT2D eigenvalue weighted by molar-refractivity contribution is 5.06. The van der Waals surface area contributed by atoms with Crippen molar-refractivity contribution < 1.29 is 17.6 Å². The largest absolute Gasteiger partial charge is 0.247 e. The maximum absolute atomic E-state index is 14.4. The smallest absolute Gasteiger partial charge is 0.137 e. The third kappa shape index (κ3) is 2.00. The molecule has 0 aromatic heterocycles. The highest BCUT2D eigenvalue weighted by atomic mass is 19.2. The second-order valence-corrected chi connectivity index (χ2v) is 7.37. The molecule has 0 heterocycles. The molecule has 0 aliphatic heterocycles. The number of alkyl halides is 4. The second kappa shape index (κ2) is 5.17. The Balaban J connectivity index is 1.91. The molecular formula is C16H24F4. The standard InChI is InChI=1S/C16H24F4/c1-7-3-5-9-10-6-4-8(2)14(18)12(10)16(20)15(19)11(9)13(7)17/h7-16H,3-6H2,1-2H3. The average molecular weight is 292 g/mol. The molecule has 4 heteroatoms. The Morgan fingerprint density at radius 2 is 0.900 bits per heavy atom. The molecule has 3 aliphatic carbocycles. The first-order chi connectivity index (χ1) is 9.43. The van der Waals surface area contributed by atoms with Crippen LogP contribution in [0, 0.1) is 35.5 Å². The van der Waals surface area contributed by atoms with Crippen LogP contribution in [0.5, 0.6) is 0 Å². The van der Waals surface area contributed by atoms with Gasteiger partial charge in [-0.1, -0.05) is 13.8 Å². The molecule has 0 saturated heterocycles. The first kappa shape index (κ1) is 14.6. The van der Waals surface area contributed by atoms with E-state index in [0.29, 0.717) is 12.8 Å². The maximum Gasteiger partial charge on any atom is 0.137 e. The summed E-state index contributed by atoms with van der Waals surface area (Å²) in [6, 6.07) is 0. The van der Waals surface area contributed by atoms with Gasteiger partial charge in [-0.2, -0.15) is 0 Å². The fourth-order valence-electron chi connectivity index (χ4n) is 5.09. The maximum atomic E-state index is 14.4. The van der Waals surface area contributed by atoms with E-state index in [-0.39, 0.29) is 23.7 Å². The minimum absolute atomic E-state index is 0.168. The number of fused-ring (bicyclic) bond motifs is 3. The zero-order chi connectivity index (χ0) is 14.6. The topological polar surface area (TPSA) is 0 Å². The third-order valence-electron chi connectivity index (χ3n) is 6.31. The lowest BCUT2D eigenvalue weighted by Gasteiger charge is -2.54. The van der Waals surface area contributed by atoms with E-state index in [9.17, 15) is 17.6 Å². The summed E-state index contributed by atoms with van der Waals surface area (Å²) in [5, 5.41) is 0. The van der Waals surface area contributed by atoms with E-state index in [1.54, 1.807) is 13.8 Å². The Morgan fingerprint density at radius 3 is 1.25 bits per heavy atom. The lowest BCUT2D eigenvalue weighted by molar-refractivity contribution is -0.149. The number of hydrogen-bond acceptors (Lipinski definition) is 0. The monoisotopic (exact) mass is 292 g/mol. The van der Waals surface area contributed by atoms with Gasteiger partial charge in [-0.05, 0) is 49.4 Å². The SMILES string of the molecule is CC1CCC2C3CCC(C)C(F)C3C(F)C(F)C2C1F. The van der Waals surface area contributed by atoms with Gasteiger partial charge >= 0.3 is 0 Å². The molecule has 20 heavy (non-hydrogen) atoms. The van der Waals surface area contributed by atoms with Crippen LogP contribution in [-0.4, -0.2) is 24.7 Å². The predicted molar refractivity (Wildman–Crippen MR) is 70.3 cm³/mol. The number of halogens is 4. The van der Waals surface area contributed by atoms with Crippen molar-refractivity contribution in [1.82, 2.24) is 0 Å². The lowest BCUT2D eigenvalue weighted by Crippen LogP contribution is -2.59. The van der Waals surface area contributed by atoms with E-state index in [2.05, 4.69) is 0 Å². The molecule has 0 N–H and O–H groups in total. The molecule has 0 aromatic rings. The summed E-state index contributed by atoms with van der Waals surface area (Å²) >= 11 is 0. The summed E-state index contributed by atoms with van der Waals surface area (Å²) in [5.41, 5.74) is 0. The van der Waals surface area contributed by atoms with Crippen molar-refractivity contribution in [1.29, 1.82) is 0 Å². The Kier molecular flexibility index (Phi) is 3.79. The fraction of sp³-hybridized carbons (Fsp3) is 1.00. The molecule has 0 aromatic carbocycles. The molecule has 0 amide bonds. The minimum Gasteiger partial charge on any atom is -0.247 e. The van der Waals surface area contributed by atoms with Crippen LogP contribution in [0.4, 0.5) is 17.6 Å². The van der Waals surface area contributed by atoms with Crippen LogP contribution < -0.4 is 0 Å². The highest BCUT2D eigenvalue weighted by Crippen LogP contribution is 2.56. The summed E-state index contributed by atoms with van der Waals surface area (Å²) in [6.07, 6.45) is -3.35. The molecule has 3 saturated carbocycles. The fourth-order valence-corrected chi connectivity index (χ4v) is 5.09. The number of hydrogen-bond donors (Lipinski definition) is 0. The van der Waals surface area contributed by atoms with Gasteiger partial charge in [-0.3, -0.25) is 0 Å². The Bertz CT molecular complexity index is 326. The van der Waals surface area contributed by atoms with Gasteiger partial charge in [0.1, 0.15) is 24.7 Å². The van der Waals surface area contributed by atoms with Gasteiger partial charge in [0, 0.05) is 11.8 Å². The van der Waals surface area contributed by atoms with E-state index in [0.717, 1.165) is 12.8 Å². The van der Waals surface area contributed by atoms with E-state index in [1.807, 2.05) is 0 Å². The summed E-state index contributed by atoms with van der Waals surface area (Å²) in [4.78, 5) is 0. The van der Waals surface area contributed by atoms with Crippen LogP contribution in [0.3, 0.4) is 0 Å². The van der Waals surface area contributed by atoms with E-state index >= 15 is 0 Å². The molecule has 10 unspecified atom stereocenters. The van der Waals surface area contributed by atoms with Crippen LogP contribution >= 0.6 is 0 Å². The lowest BCUT2D eigenvalue weighted by atomic mass is 9.53. The Morgan fingerprint density at radius 1 is 0.550 bits per heavy atom. The molecule has 0 spiro atoms. The zero-order valence-electron chi connectivity index (χ0n) is 12.1. The number of rotatable bonds is 0. The van der Waals surface area contributed by atoms with Crippen LogP contribution in [0.15, 0.2) is 0 Å². The van der Waals surface area contributed by atoms with Crippen molar-refractivity contribution in [2.45, 2.75) is 64.2 Å². The van der Waals surface area contributed by atoms with Crippen molar-refractivity contribution in [3.8, 4) is 0 Å². The molecule has 3 aliphatic rings. The van der Waals surface area contributed by atoms with Crippen LogP contribution in [0.25, 0.3) is 0 Å². The summed E-state index contributed by atoms with van der Waals surface area (Å²) < 4.78 is 57.6. The predicted octanol–water partition coefficient (Wildman–Crippen LogP) is 4.68. The molecule has 10 atom stereocenters. The molecule has 116 valence electrons. The minimum atomic E-state index is -1.83. The highest BCUT2D eigenvalue weighted by Gasteiger charge is 2.59.